The number of carbonyl (C=O) groups is 1. The van der Waals surface area contributed by atoms with Gasteiger partial charge in [0.25, 0.3) is 0 Å². The molecule has 1 heterocycles. The molecule has 0 aliphatic rings. The average Bonchev–Trinajstić information content (AvgIpc) is 2.98. The molecule has 0 unspecified atom stereocenters. The Hall–Kier alpha value is -2.41. The first-order valence-corrected chi connectivity index (χ1v) is 6.99. The number of benzene rings is 1. The highest BCUT2D eigenvalue weighted by Gasteiger charge is 2.14. The number of aliphatic hydroxyl groups is 1. The maximum atomic E-state index is 13.5. The molecule has 7 heteroatoms. The van der Waals surface area contributed by atoms with E-state index < -0.39 is 18.0 Å². The van der Waals surface area contributed by atoms with Gasteiger partial charge < -0.3 is 20.3 Å². The Kier molecular flexibility index (Phi) is 5.48. The minimum atomic E-state index is -1.09. The van der Waals surface area contributed by atoms with Gasteiger partial charge in [-0.3, -0.25) is 0 Å². The van der Waals surface area contributed by atoms with Crippen molar-refractivity contribution in [2.24, 2.45) is 0 Å². The van der Waals surface area contributed by atoms with Crippen molar-refractivity contribution < 1.29 is 14.3 Å². The molecule has 0 bridgehead atoms. The van der Waals surface area contributed by atoms with E-state index in [1.54, 1.807) is 30.9 Å². The highest BCUT2D eigenvalue weighted by Crippen LogP contribution is 2.15. The Balaban J connectivity index is 1.76. The van der Waals surface area contributed by atoms with E-state index in [1.807, 2.05) is 11.5 Å². The van der Waals surface area contributed by atoms with Gasteiger partial charge in [0.05, 0.1) is 12.4 Å². The minimum absolute atomic E-state index is 0.0649. The van der Waals surface area contributed by atoms with Crippen LogP contribution in [0.2, 0.25) is 0 Å². The van der Waals surface area contributed by atoms with Gasteiger partial charge >= 0.3 is 6.03 Å². The first kappa shape index (κ1) is 16.0. The Labute approximate surface area is 128 Å². The number of nitrogens with one attached hydrogen (secondary N) is 2. The molecule has 1 aromatic carbocycles. The zero-order valence-electron chi connectivity index (χ0n) is 12.2. The predicted octanol–water partition coefficient (Wildman–Crippen LogP) is 1.44. The standard InChI is InChI=1S/C15H19FN4O2/c1-11(9-20-7-6-17-10-20)19-15(22)18-8-14(21)12-4-2-3-5-13(12)16/h2-7,10-11,14,21H,8-9H2,1H3,(H2,18,19,22)/t11-,14-/m0/s1. The summed E-state index contributed by atoms with van der Waals surface area (Å²) >= 11 is 0. The van der Waals surface area contributed by atoms with Crippen molar-refractivity contribution in [2.45, 2.75) is 25.6 Å². The summed E-state index contributed by atoms with van der Waals surface area (Å²) in [6.07, 6.45) is 4.05. The molecule has 3 N–H and O–H groups in total. The Bertz CT molecular complexity index is 603. The van der Waals surface area contributed by atoms with Crippen molar-refractivity contribution in [1.29, 1.82) is 0 Å². The summed E-state index contributed by atoms with van der Waals surface area (Å²) in [7, 11) is 0. The summed E-state index contributed by atoms with van der Waals surface area (Å²) in [4.78, 5) is 15.7. The number of halogens is 1. The molecule has 0 fully saturated rings. The van der Waals surface area contributed by atoms with E-state index in [4.69, 9.17) is 0 Å². The second-order valence-electron chi connectivity index (χ2n) is 5.05. The lowest BCUT2D eigenvalue weighted by Gasteiger charge is -2.17. The molecule has 0 spiro atoms. The smallest absolute Gasteiger partial charge is 0.315 e. The number of carbonyl (C=O) groups excluding carboxylic acids is 1. The van der Waals surface area contributed by atoms with E-state index in [2.05, 4.69) is 15.6 Å². The maximum absolute atomic E-state index is 13.5. The van der Waals surface area contributed by atoms with Crippen molar-refractivity contribution >= 4 is 6.03 Å². The number of hydrogen-bond acceptors (Lipinski definition) is 3. The van der Waals surface area contributed by atoms with Crippen LogP contribution in [0.1, 0.15) is 18.6 Å². The zero-order chi connectivity index (χ0) is 15.9. The summed E-state index contributed by atoms with van der Waals surface area (Å²) < 4.78 is 15.3. The molecule has 0 aliphatic carbocycles. The van der Waals surface area contributed by atoms with Crippen LogP contribution in [0.5, 0.6) is 0 Å². The summed E-state index contributed by atoms with van der Waals surface area (Å²) in [5, 5.41) is 15.2. The van der Waals surface area contributed by atoms with Crippen LogP contribution < -0.4 is 10.6 Å². The van der Waals surface area contributed by atoms with Crippen LogP contribution >= 0.6 is 0 Å². The fourth-order valence-electron chi connectivity index (χ4n) is 2.08. The molecule has 0 aliphatic heterocycles. The third-order valence-corrected chi connectivity index (χ3v) is 3.14. The lowest BCUT2D eigenvalue weighted by Crippen LogP contribution is -2.43. The summed E-state index contributed by atoms with van der Waals surface area (Å²) in [6, 6.07) is 5.41. The molecule has 0 radical (unpaired) electrons. The number of nitrogens with zero attached hydrogens (tertiary/aromatic N) is 2. The van der Waals surface area contributed by atoms with Crippen LogP contribution in [0.3, 0.4) is 0 Å². The Morgan fingerprint density at radius 3 is 2.91 bits per heavy atom. The molecule has 22 heavy (non-hydrogen) atoms. The fraction of sp³-hybridized carbons (Fsp3) is 0.333. The van der Waals surface area contributed by atoms with Gasteiger partial charge in [0, 0.05) is 37.1 Å². The van der Waals surface area contributed by atoms with E-state index in [9.17, 15) is 14.3 Å². The van der Waals surface area contributed by atoms with Gasteiger partial charge in [0.1, 0.15) is 5.82 Å². The predicted molar refractivity (Wildman–Crippen MR) is 79.6 cm³/mol. The molecular formula is C15H19FN4O2. The number of aliphatic hydroxyl groups excluding tert-OH is 1. The van der Waals surface area contributed by atoms with Crippen molar-refractivity contribution in [1.82, 2.24) is 20.2 Å². The van der Waals surface area contributed by atoms with Crippen LogP contribution in [0.4, 0.5) is 9.18 Å². The molecule has 2 aromatic rings. The average molecular weight is 306 g/mol. The van der Waals surface area contributed by atoms with E-state index in [0.717, 1.165) is 0 Å². The van der Waals surface area contributed by atoms with Gasteiger partial charge in [-0.1, -0.05) is 18.2 Å². The quantitative estimate of drug-likeness (QED) is 0.755. The maximum Gasteiger partial charge on any atom is 0.315 e. The van der Waals surface area contributed by atoms with Gasteiger partial charge in [-0.05, 0) is 13.0 Å². The first-order chi connectivity index (χ1) is 10.6. The second kappa shape index (κ2) is 7.56. The molecule has 0 saturated carbocycles. The third-order valence-electron chi connectivity index (χ3n) is 3.14. The summed E-state index contributed by atoms with van der Waals surface area (Å²) in [6.45, 7) is 2.38. The van der Waals surface area contributed by atoms with Crippen LogP contribution in [-0.2, 0) is 6.54 Å². The molecule has 2 amide bonds. The third kappa shape index (κ3) is 4.56. The minimum Gasteiger partial charge on any atom is -0.386 e. The van der Waals surface area contributed by atoms with Gasteiger partial charge in [-0.25, -0.2) is 14.2 Å². The van der Waals surface area contributed by atoms with E-state index in [0.29, 0.717) is 6.54 Å². The van der Waals surface area contributed by atoms with E-state index in [-0.39, 0.29) is 18.2 Å². The highest BCUT2D eigenvalue weighted by atomic mass is 19.1. The van der Waals surface area contributed by atoms with Crippen LogP contribution in [0, 0.1) is 5.82 Å². The molecule has 2 rings (SSSR count). The molecule has 2 atom stereocenters. The number of hydrogen-bond donors (Lipinski definition) is 3. The topological polar surface area (TPSA) is 79.2 Å². The molecule has 118 valence electrons. The summed E-state index contributed by atoms with van der Waals surface area (Å²) in [5.41, 5.74) is 0.161. The van der Waals surface area contributed by atoms with Gasteiger partial charge in [-0.2, -0.15) is 0 Å². The van der Waals surface area contributed by atoms with E-state index in [1.165, 1.54) is 12.1 Å². The first-order valence-electron chi connectivity index (χ1n) is 6.99. The Morgan fingerprint density at radius 2 is 2.23 bits per heavy atom. The van der Waals surface area contributed by atoms with Crippen molar-refractivity contribution in [3.05, 3.63) is 54.4 Å². The number of rotatable bonds is 6. The lowest BCUT2D eigenvalue weighted by molar-refractivity contribution is 0.168. The largest absolute Gasteiger partial charge is 0.386 e. The number of amides is 2. The van der Waals surface area contributed by atoms with Gasteiger partial charge in [-0.15, -0.1) is 0 Å². The van der Waals surface area contributed by atoms with Crippen molar-refractivity contribution in [3.8, 4) is 0 Å². The SMILES string of the molecule is C[C@@H](Cn1ccnc1)NC(=O)NC[C@H](O)c1ccccc1F. The van der Waals surface area contributed by atoms with Crippen molar-refractivity contribution in [3.63, 3.8) is 0 Å². The fourth-order valence-corrected chi connectivity index (χ4v) is 2.08. The molecular weight excluding hydrogens is 287 g/mol. The molecule has 1 aromatic heterocycles. The zero-order valence-corrected chi connectivity index (χ0v) is 12.2. The Morgan fingerprint density at radius 1 is 1.45 bits per heavy atom. The highest BCUT2D eigenvalue weighted by molar-refractivity contribution is 5.74. The van der Waals surface area contributed by atoms with Crippen molar-refractivity contribution in [2.75, 3.05) is 6.54 Å². The second-order valence-corrected chi connectivity index (χ2v) is 5.05. The normalized spacial score (nSPS) is 13.4. The molecule has 6 nitrogen and oxygen atoms in total. The van der Waals surface area contributed by atoms with Crippen LogP contribution in [-0.4, -0.2) is 33.3 Å². The number of urea groups is 1. The van der Waals surface area contributed by atoms with Gasteiger partial charge in [0.15, 0.2) is 0 Å². The lowest BCUT2D eigenvalue weighted by atomic mass is 10.1. The van der Waals surface area contributed by atoms with Crippen LogP contribution in [0.15, 0.2) is 43.0 Å². The monoisotopic (exact) mass is 306 g/mol. The van der Waals surface area contributed by atoms with E-state index >= 15 is 0 Å². The number of imidazole rings is 1. The van der Waals surface area contributed by atoms with Crippen LogP contribution in [0.25, 0.3) is 0 Å². The summed E-state index contributed by atoms with van der Waals surface area (Å²) in [5.74, 6) is -0.495. The van der Waals surface area contributed by atoms with Gasteiger partial charge in [0.2, 0.25) is 0 Å². The molecule has 0 saturated heterocycles. The number of aromatic nitrogens is 2.